The van der Waals surface area contributed by atoms with Crippen molar-refractivity contribution in [1.29, 1.82) is 0 Å². The summed E-state index contributed by atoms with van der Waals surface area (Å²) in [6.45, 7) is 4.41. The van der Waals surface area contributed by atoms with Crippen LogP contribution in [-0.4, -0.2) is 41.1 Å². The molecule has 1 aliphatic heterocycles. The highest BCUT2D eigenvalue weighted by atomic mass is 16.5. The van der Waals surface area contributed by atoms with Gasteiger partial charge in [0.2, 0.25) is 0 Å². The van der Waals surface area contributed by atoms with Crippen molar-refractivity contribution in [3.8, 4) is 11.5 Å². The zero-order valence-corrected chi connectivity index (χ0v) is 20.5. The van der Waals surface area contributed by atoms with Gasteiger partial charge in [-0.25, -0.2) is 0 Å². The maximum atomic E-state index is 13.4. The van der Waals surface area contributed by atoms with Gasteiger partial charge in [-0.1, -0.05) is 42.5 Å². The second-order valence-electron chi connectivity index (χ2n) is 8.34. The van der Waals surface area contributed by atoms with Gasteiger partial charge in [-0.2, -0.15) is 0 Å². The number of nitrogens with zero attached hydrogens (tertiary/aromatic N) is 1. The van der Waals surface area contributed by atoms with Crippen LogP contribution in [0.3, 0.4) is 0 Å². The molecule has 0 spiro atoms. The largest absolute Gasteiger partial charge is 0.507 e. The number of carbonyl (C=O) groups is 3. The van der Waals surface area contributed by atoms with Gasteiger partial charge in [-0.05, 0) is 49.2 Å². The van der Waals surface area contributed by atoms with Crippen LogP contribution < -0.4 is 14.4 Å². The van der Waals surface area contributed by atoms with Gasteiger partial charge in [0.25, 0.3) is 11.7 Å². The number of rotatable bonds is 9. The Labute approximate surface area is 214 Å². The molecule has 1 aliphatic rings. The molecular weight excluding hydrogens is 474 g/mol. The lowest BCUT2D eigenvalue weighted by Gasteiger charge is -2.25. The van der Waals surface area contributed by atoms with E-state index in [0.29, 0.717) is 41.5 Å². The lowest BCUT2D eigenvalue weighted by atomic mass is 9.94. The molecule has 3 aromatic rings. The molecule has 1 saturated heterocycles. The monoisotopic (exact) mass is 501 g/mol. The number of ketones is 1. The molecule has 2 N–H and O–H groups in total. The van der Waals surface area contributed by atoms with Crippen LogP contribution in [0.15, 0.2) is 78.4 Å². The second-order valence-corrected chi connectivity index (χ2v) is 8.34. The molecule has 0 radical (unpaired) electrons. The van der Waals surface area contributed by atoms with Gasteiger partial charge in [-0.3, -0.25) is 19.3 Å². The SMILES string of the molecule is CCOc1ccc(/C(O)=C2/C(=O)C(=O)N(c3ccc(CC(=O)O)cc3)C2c2ccccc2)c(OCC)c1. The van der Waals surface area contributed by atoms with Gasteiger partial charge >= 0.3 is 5.97 Å². The number of Topliss-reactive ketones (excluding diaryl/α,β-unsaturated/α-hetero) is 1. The fraction of sp³-hybridized carbons (Fsp3) is 0.207. The number of aliphatic hydroxyl groups is 1. The summed E-state index contributed by atoms with van der Waals surface area (Å²) in [5.41, 5.74) is 1.78. The molecule has 1 amide bonds. The molecular formula is C29H27NO7. The third-order valence-corrected chi connectivity index (χ3v) is 5.95. The second kappa shape index (κ2) is 11.0. The highest BCUT2D eigenvalue weighted by Crippen LogP contribution is 2.43. The van der Waals surface area contributed by atoms with Gasteiger partial charge < -0.3 is 19.7 Å². The Bertz CT molecular complexity index is 1350. The number of hydrogen-bond donors (Lipinski definition) is 2. The van der Waals surface area contributed by atoms with Gasteiger partial charge in [0.1, 0.15) is 17.3 Å². The standard InChI is InChI=1S/C29H27NO7/c1-3-36-21-14-15-22(23(17-21)37-4-2)27(33)25-26(19-8-6-5-7-9-19)30(29(35)28(25)34)20-12-10-18(11-13-20)16-24(31)32/h5-15,17,26,33H,3-4,16H2,1-2H3,(H,31,32)/b27-25-. The predicted octanol–water partition coefficient (Wildman–Crippen LogP) is 4.74. The fourth-order valence-electron chi connectivity index (χ4n) is 4.37. The van der Waals surface area contributed by atoms with Crippen LogP contribution in [0.4, 0.5) is 5.69 Å². The number of carboxylic acid groups (broad SMARTS) is 1. The van der Waals surface area contributed by atoms with E-state index in [4.69, 9.17) is 14.6 Å². The Balaban J connectivity index is 1.87. The third kappa shape index (κ3) is 5.18. The molecule has 190 valence electrons. The van der Waals surface area contributed by atoms with E-state index in [9.17, 15) is 19.5 Å². The van der Waals surface area contributed by atoms with Crippen molar-refractivity contribution < 1.29 is 34.1 Å². The third-order valence-electron chi connectivity index (χ3n) is 5.95. The van der Waals surface area contributed by atoms with E-state index in [1.165, 1.54) is 4.90 Å². The zero-order chi connectivity index (χ0) is 26.5. The maximum absolute atomic E-state index is 13.4. The van der Waals surface area contributed by atoms with Crippen molar-refractivity contribution in [3.63, 3.8) is 0 Å². The summed E-state index contributed by atoms with van der Waals surface area (Å²) >= 11 is 0. The quantitative estimate of drug-likeness (QED) is 0.247. The van der Waals surface area contributed by atoms with Gasteiger partial charge in [0.05, 0.1) is 36.8 Å². The molecule has 37 heavy (non-hydrogen) atoms. The molecule has 1 atom stereocenters. The summed E-state index contributed by atoms with van der Waals surface area (Å²) in [5, 5.41) is 20.5. The van der Waals surface area contributed by atoms with E-state index in [2.05, 4.69) is 0 Å². The minimum Gasteiger partial charge on any atom is -0.507 e. The first-order valence-corrected chi connectivity index (χ1v) is 11.9. The van der Waals surface area contributed by atoms with Crippen LogP contribution in [-0.2, 0) is 20.8 Å². The van der Waals surface area contributed by atoms with Crippen LogP contribution in [0.5, 0.6) is 11.5 Å². The molecule has 0 saturated carbocycles. The molecule has 4 rings (SSSR count). The van der Waals surface area contributed by atoms with E-state index in [-0.39, 0.29) is 23.3 Å². The van der Waals surface area contributed by atoms with Crippen molar-refractivity contribution in [2.45, 2.75) is 26.3 Å². The van der Waals surface area contributed by atoms with E-state index in [0.717, 1.165) is 0 Å². The molecule has 8 nitrogen and oxygen atoms in total. The Morgan fingerprint density at radius 2 is 1.57 bits per heavy atom. The molecule has 1 fully saturated rings. The number of carbonyl (C=O) groups excluding carboxylic acids is 2. The Kier molecular flexibility index (Phi) is 7.57. The number of ether oxygens (including phenoxy) is 2. The Hall–Kier alpha value is -4.59. The molecule has 0 bridgehead atoms. The topological polar surface area (TPSA) is 113 Å². The Morgan fingerprint density at radius 3 is 2.19 bits per heavy atom. The average Bonchev–Trinajstić information content (AvgIpc) is 3.15. The molecule has 1 heterocycles. The van der Waals surface area contributed by atoms with E-state index < -0.39 is 23.7 Å². The summed E-state index contributed by atoms with van der Waals surface area (Å²) in [6, 6.07) is 19.3. The number of amides is 1. The number of hydrogen-bond acceptors (Lipinski definition) is 6. The van der Waals surface area contributed by atoms with E-state index in [1.54, 1.807) is 73.7 Å². The van der Waals surface area contributed by atoms with E-state index >= 15 is 0 Å². The van der Waals surface area contributed by atoms with Crippen molar-refractivity contribution in [2.75, 3.05) is 18.1 Å². The Morgan fingerprint density at radius 1 is 0.892 bits per heavy atom. The lowest BCUT2D eigenvalue weighted by molar-refractivity contribution is -0.136. The van der Waals surface area contributed by atoms with Gasteiger partial charge in [0.15, 0.2) is 0 Å². The maximum Gasteiger partial charge on any atom is 0.307 e. The van der Waals surface area contributed by atoms with Gasteiger partial charge in [0, 0.05) is 11.8 Å². The summed E-state index contributed by atoms with van der Waals surface area (Å²) in [4.78, 5) is 39.1. The summed E-state index contributed by atoms with van der Waals surface area (Å²) < 4.78 is 11.3. The van der Waals surface area contributed by atoms with Crippen molar-refractivity contribution >= 4 is 29.1 Å². The van der Waals surface area contributed by atoms with Crippen molar-refractivity contribution in [3.05, 3.63) is 95.1 Å². The first-order valence-electron chi connectivity index (χ1n) is 11.9. The normalized spacial score (nSPS) is 16.6. The first kappa shape index (κ1) is 25.5. The van der Waals surface area contributed by atoms with Crippen LogP contribution in [0.2, 0.25) is 0 Å². The van der Waals surface area contributed by atoms with Crippen LogP contribution >= 0.6 is 0 Å². The molecule has 0 aromatic heterocycles. The van der Waals surface area contributed by atoms with Crippen LogP contribution in [0.25, 0.3) is 5.76 Å². The first-order chi connectivity index (χ1) is 17.8. The zero-order valence-electron chi connectivity index (χ0n) is 20.5. The highest BCUT2D eigenvalue weighted by molar-refractivity contribution is 6.51. The van der Waals surface area contributed by atoms with Crippen molar-refractivity contribution in [2.24, 2.45) is 0 Å². The minimum atomic E-state index is -0.974. The molecule has 3 aromatic carbocycles. The number of aliphatic carboxylic acids is 1. The van der Waals surface area contributed by atoms with Crippen LogP contribution in [0.1, 0.15) is 36.6 Å². The summed E-state index contributed by atoms with van der Waals surface area (Å²) in [7, 11) is 0. The molecule has 8 heteroatoms. The molecule has 1 unspecified atom stereocenters. The lowest BCUT2D eigenvalue weighted by Crippen LogP contribution is -2.29. The smallest absolute Gasteiger partial charge is 0.307 e. The summed E-state index contributed by atoms with van der Waals surface area (Å²) in [5.74, 6) is -2.10. The average molecular weight is 502 g/mol. The molecule has 0 aliphatic carbocycles. The van der Waals surface area contributed by atoms with Crippen LogP contribution in [0, 0.1) is 0 Å². The number of carboxylic acids is 1. The highest BCUT2D eigenvalue weighted by Gasteiger charge is 2.47. The minimum absolute atomic E-state index is 0.0732. The van der Waals surface area contributed by atoms with Crippen molar-refractivity contribution in [1.82, 2.24) is 0 Å². The number of benzene rings is 3. The number of anilines is 1. The predicted molar refractivity (Wildman–Crippen MR) is 138 cm³/mol. The number of aliphatic hydroxyl groups excluding tert-OH is 1. The van der Waals surface area contributed by atoms with Gasteiger partial charge in [-0.15, -0.1) is 0 Å². The fourth-order valence-corrected chi connectivity index (χ4v) is 4.37. The summed E-state index contributed by atoms with van der Waals surface area (Å²) in [6.07, 6.45) is -0.168. The van der Waals surface area contributed by atoms with E-state index in [1.807, 2.05) is 13.0 Å².